The van der Waals surface area contributed by atoms with Gasteiger partial charge in [0.25, 0.3) is 0 Å². The molecule has 0 heterocycles. The maximum atomic E-state index is 8.47. The molecule has 0 aliphatic heterocycles. The van der Waals surface area contributed by atoms with E-state index in [4.69, 9.17) is 10.5 Å². The molecule has 0 aromatic rings. The van der Waals surface area contributed by atoms with Gasteiger partial charge in [-0.1, -0.05) is 13.5 Å². The molecule has 0 atom stereocenters. The van der Waals surface area contributed by atoms with Crippen molar-refractivity contribution in [3.63, 3.8) is 0 Å². The van der Waals surface area contributed by atoms with Crippen molar-refractivity contribution in [2.75, 3.05) is 0 Å². The summed E-state index contributed by atoms with van der Waals surface area (Å²) in [5.74, 6) is 0. The number of thiol groups is 1. The molecule has 0 spiro atoms. The van der Waals surface area contributed by atoms with Crippen LogP contribution in [0.5, 0.6) is 0 Å². The van der Waals surface area contributed by atoms with Gasteiger partial charge in [0, 0.05) is 4.91 Å². The second-order valence-electron chi connectivity index (χ2n) is 1.88. The van der Waals surface area contributed by atoms with Gasteiger partial charge in [-0.15, -0.1) is 12.6 Å². The SMILES string of the molecule is C=C(S)C(CC)=C(C#N)C#N. The fourth-order valence-electron chi connectivity index (χ4n) is 0.685. The van der Waals surface area contributed by atoms with Crippen LogP contribution in [0.4, 0.5) is 0 Å². The molecule has 0 aromatic carbocycles. The van der Waals surface area contributed by atoms with Crippen LogP contribution < -0.4 is 0 Å². The molecule has 2 nitrogen and oxygen atoms in total. The number of hydrogen-bond acceptors (Lipinski definition) is 3. The summed E-state index contributed by atoms with van der Waals surface area (Å²) >= 11 is 3.97. The highest BCUT2D eigenvalue weighted by Gasteiger charge is 2.04. The van der Waals surface area contributed by atoms with Crippen molar-refractivity contribution in [3.8, 4) is 12.1 Å². The number of allylic oxidation sites excluding steroid dienone is 2. The molecular formula is C8H8N2S. The Hall–Kier alpha value is -1.19. The fraction of sp³-hybridized carbons (Fsp3) is 0.250. The number of nitrogens with zero attached hydrogens (tertiary/aromatic N) is 2. The average Bonchev–Trinajstić information content (AvgIpc) is 1.99. The van der Waals surface area contributed by atoms with Gasteiger partial charge >= 0.3 is 0 Å². The van der Waals surface area contributed by atoms with Crippen LogP contribution in [0.15, 0.2) is 22.6 Å². The van der Waals surface area contributed by atoms with Crippen LogP contribution in [0.3, 0.4) is 0 Å². The van der Waals surface area contributed by atoms with E-state index in [1.807, 2.05) is 6.92 Å². The van der Waals surface area contributed by atoms with Gasteiger partial charge in [-0.3, -0.25) is 0 Å². The first-order valence-electron chi connectivity index (χ1n) is 3.09. The highest BCUT2D eigenvalue weighted by Crippen LogP contribution is 2.18. The molecule has 0 aromatic heterocycles. The third-order valence-corrected chi connectivity index (χ3v) is 1.50. The molecule has 0 saturated heterocycles. The van der Waals surface area contributed by atoms with Crippen LogP contribution in [0.2, 0.25) is 0 Å². The van der Waals surface area contributed by atoms with Crippen molar-refractivity contribution in [1.82, 2.24) is 0 Å². The first-order valence-corrected chi connectivity index (χ1v) is 3.53. The first-order chi connectivity index (χ1) is 5.17. The summed E-state index contributed by atoms with van der Waals surface area (Å²) in [5, 5.41) is 16.9. The predicted molar refractivity (Wildman–Crippen MR) is 46.7 cm³/mol. The lowest BCUT2D eigenvalue weighted by molar-refractivity contribution is 1.13. The molecule has 0 radical (unpaired) electrons. The summed E-state index contributed by atoms with van der Waals surface area (Å²) < 4.78 is 0. The zero-order valence-electron chi connectivity index (χ0n) is 6.26. The normalized spacial score (nSPS) is 7.64. The zero-order valence-corrected chi connectivity index (χ0v) is 7.15. The second kappa shape index (κ2) is 4.60. The standard InChI is InChI=1S/C8H8N2S/c1-3-8(6(2)11)7(4-9)5-10/h11H,2-3H2,1H3. The molecule has 0 aliphatic rings. The average molecular weight is 164 g/mol. The van der Waals surface area contributed by atoms with Crippen LogP contribution in [-0.4, -0.2) is 0 Å². The fourth-order valence-corrected chi connectivity index (χ4v) is 0.955. The molecule has 0 unspecified atom stereocenters. The molecule has 0 aliphatic carbocycles. The highest BCUT2D eigenvalue weighted by atomic mass is 32.1. The van der Waals surface area contributed by atoms with E-state index in [9.17, 15) is 0 Å². The molecule has 0 N–H and O–H groups in total. The Morgan fingerprint density at radius 2 is 1.91 bits per heavy atom. The molecule has 0 bridgehead atoms. The summed E-state index contributed by atoms with van der Waals surface area (Å²) in [6.07, 6.45) is 0.610. The van der Waals surface area contributed by atoms with Crippen molar-refractivity contribution >= 4 is 12.6 Å². The van der Waals surface area contributed by atoms with E-state index < -0.39 is 0 Å². The lowest BCUT2D eigenvalue weighted by atomic mass is 10.1. The van der Waals surface area contributed by atoms with E-state index in [-0.39, 0.29) is 5.57 Å². The van der Waals surface area contributed by atoms with Crippen LogP contribution >= 0.6 is 12.6 Å². The molecule has 0 fully saturated rings. The van der Waals surface area contributed by atoms with E-state index in [0.29, 0.717) is 16.9 Å². The third kappa shape index (κ3) is 2.49. The largest absolute Gasteiger partial charge is 0.192 e. The second-order valence-corrected chi connectivity index (χ2v) is 2.42. The molecule has 0 amide bonds. The van der Waals surface area contributed by atoms with Gasteiger partial charge in [-0.2, -0.15) is 10.5 Å². The summed E-state index contributed by atoms with van der Waals surface area (Å²) in [5.41, 5.74) is 0.728. The quantitative estimate of drug-likeness (QED) is 0.386. The van der Waals surface area contributed by atoms with Gasteiger partial charge in [-0.25, -0.2) is 0 Å². The molecule has 11 heavy (non-hydrogen) atoms. The van der Waals surface area contributed by atoms with E-state index >= 15 is 0 Å². The Bertz CT molecular complexity index is 259. The number of hydrogen-bond donors (Lipinski definition) is 1. The van der Waals surface area contributed by atoms with Crippen LogP contribution in [0, 0.1) is 22.7 Å². The molecule has 56 valence electrons. The summed E-state index contributed by atoms with van der Waals surface area (Å²) in [4.78, 5) is 0.491. The molecule has 3 heteroatoms. The maximum Gasteiger partial charge on any atom is 0.133 e. The van der Waals surface area contributed by atoms with Crippen LogP contribution in [0.1, 0.15) is 13.3 Å². The van der Waals surface area contributed by atoms with Crippen LogP contribution in [0.25, 0.3) is 0 Å². The van der Waals surface area contributed by atoms with Gasteiger partial charge < -0.3 is 0 Å². The first kappa shape index (κ1) is 9.81. The van der Waals surface area contributed by atoms with E-state index in [0.717, 1.165) is 0 Å². The molecular weight excluding hydrogens is 156 g/mol. The van der Waals surface area contributed by atoms with Crippen molar-refractivity contribution in [2.45, 2.75) is 13.3 Å². The van der Waals surface area contributed by atoms with Gasteiger partial charge in [-0.05, 0) is 12.0 Å². The van der Waals surface area contributed by atoms with E-state index in [2.05, 4.69) is 19.2 Å². The summed E-state index contributed by atoms with van der Waals surface area (Å²) in [6.45, 7) is 5.40. The minimum absolute atomic E-state index is 0.104. The Kier molecular flexibility index (Phi) is 4.10. The summed E-state index contributed by atoms with van der Waals surface area (Å²) in [6, 6.07) is 3.59. The minimum Gasteiger partial charge on any atom is -0.192 e. The lowest BCUT2D eigenvalue weighted by Crippen LogP contribution is -1.85. The Morgan fingerprint density at radius 3 is 2.00 bits per heavy atom. The third-order valence-electron chi connectivity index (χ3n) is 1.23. The molecule has 0 saturated carbocycles. The minimum atomic E-state index is 0.104. The number of nitriles is 2. The predicted octanol–water partition coefficient (Wildman–Crippen LogP) is 2.18. The zero-order chi connectivity index (χ0) is 8.85. The molecule has 0 rings (SSSR count). The van der Waals surface area contributed by atoms with Crippen molar-refractivity contribution in [3.05, 3.63) is 22.6 Å². The topological polar surface area (TPSA) is 47.6 Å². The lowest BCUT2D eigenvalue weighted by Gasteiger charge is -1.99. The number of rotatable bonds is 2. The van der Waals surface area contributed by atoms with Gasteiger partial charge in [0.1, 0.15) is 17.7 Å². The van der Waals surface area contributed by atoms with Gasteiger partial charge in [0.15, 0.2) is 0 Å². The van der Waals surface area contributed by atoms with Gasteiger partial charge in [0.05, 0.1) is 0 Å². The van der Waals surface area contributed by atoms with Crippen molar-refractivity contribution in [2.24, 2.45) is 0 Å². The van der Waals surface area contributed by atoms with Gasteiger partial charge in [0.2, 0.25) is 0 Å². The Morgan fingerprint density at radius 1 is 1.45 bits per heavy atom. The smallest absolute Gasteiger partial charge is 0.133 e. The van der Waals surface area contributed by atoms with Crippen molar-refractivity contribution < 1.29 is 0 Å². The monoisotopic (exact) mass is 164 g/mol. The van der Waals surface area contributed by atoms with E-state index in [1.54, 1.807) is 12.1 Å². The van der Waals surface area contributed by atoms with E-state index in [1.165, 1.54) is 0 Å². The summed E-state index contributed by atoms with van der Waals surface area (Å²) in [7, 11) is 0. The van der Waals surface area contributed by atoms with Crippen molar-refractivity contribution in [1.29, 1.82) is 10.5 Å². The maximum absolute atomic E-state index is 8.47. The Balaban J connectivity index is 5.03. The highest BCUT2D eigenvalue weighted by molar-refractivity contribution is 7.84. The Labute approximate surface area is 71.9 Å². The van der Waals surface area contributed by atoms with Crippen LogP contribution in [-0.2, 0) is 0 Å².